The third-order valence-electron chi connectivity index (χ3n) is 1.32. The first-order valence-electron chi connectivity index (χ1n) is 3.09. The second-order valence-electron chi connectivity index (χ2n) is 2.14. The van der Waals surface area contributed by atoms with Crippen LogP contribution in [0.1, 0.15) is 11.3 Å². The molecule has 1 rings (SSSR count). The summed E-state index contributed by atoms with van der Waals surface area (Å²) in [6.45, 7) is 2.15. The third-order valence-corrected chi connectivity index (χ3v) is 1.32. The number of nitrogens with zero attached hydrogens (tertiary/aromatic N) is 1. The number of aromatic nitrogens is 1. The second-order valence-corrected chi connectivity index (χ2v) is 2.14. The summed E-state index contributed by atoms with van der Waals surface area (Å²) in [4.78, 5) is 3.82. The number of hydrogen-bond donors (Lipinski definition) is 2. The molecule has 0 spiro atoms. The highest BCUT2D eigenvalue weighted by atomic mass is 16.3. The Morgan fingerprint density at radius 2 is 2.30 bits per heavy atom. The minimum Gasteiger partial charge on any atom is -0.493 e. The average molecular weight is 138 g/mol. The largest absolute Gasteiger partial charge is 0.493 e. The van der Waals surface area contributed by atoms with Gasteiger partial charge in [-0.15, -0.1) is 0 Å². The SMILES string of the molecule is Cc1ccc(CN)c(O)n1. The van der Waals surface area contributed by atoms with Crippen LogP contribution in [0.3, 0.4) is 0 Å². The maximum Gasteiger partial charge on any atom is 0.215 e. The molecule has 0 atom stereocenters. The molecule has 0 aliphatic carbocycles. The summed E-state index contributed by atoms with van der Waals surface area (Å²) in [6.07, 6.45) is 0. The van der Waals surface area contributed by atoms with Crippen molar-refractivity contribution >= 4 is 0 Å². The number of nitrogens with two attached hydrogens (primary N) is 1. The van der Waals surface area contributed by atoms with Gasteiger partial charge in [-0.25, -0.2) is 4.98 Å². The van der Waals surface area contributed by atoms with Gasteiger partial charge in [0.25, 0.3) is 0 Å². The highest BCUT2D eigenvalue weighted by molar-refractivity contribution is 5.26. The van der Waals surface area contributed by atoms with Gasteiger partial charge in [-0.05, 0) is 13.0 Å². The Balaban J connectivity index is 3.07. The highest BCUT2D eigenvalue weighted by Gasteiger charge is 1.98. The molecule has 0 amide bonds. The Morgan fingerprint density at radius 3 is 2.80 bits per heavy atom. The molecule has 3 N–H and O–H groups in total. The number of aromatic hydroxyl groups is 1. The van der Waals surface area contributed by atoms with E-state index in [1.54, 1.807) is 6.07 Å². The molecule has 54 valence electrons. The van der Waals surface area contributed by atoms with Crippen LogP contribution in [0.2, 0.25) is 0 Å². The van der Waals surface area contributed by atoms with Crippen LogP contribution in [-0.2, 0) is 6.54 Å². The first kappa shape index (κ1) is 7.02. The van der Waals surface area contributed by atoms with Crippen molar-refractivity contribution in [3.05, 3.63) is 23.4 Å². The molecule has 1 aromatic heterocycles. The summed E-state index contributed by atoms with van der Waals surface area (Å²) < 4.78 is 0. The van der Waals surface area contributed by atoms with Crippen LogP contribution < -0.4 is 5.73 Å². The monoisotopic (exact) mass is 138 g/mol. The van der Waals surface area contributed by atoms with Crippen molar-refractivity contribution in [1.82, 2.24) is 4.98 Å². The minimum absolute atomic E-state index is 0.0440. The van der Waals surface area contributed by atoms with E-state index in [-0.39, 0.29) is 5.88 Å². The Kier molecular flexibility index (Phi) is 1.87. The lowest BCUT2D eigenvalue weighted by Crippen LogP contribution is -1.97. The van der Waals surface area contributed by atoms with Crippen LogP contribution in [0.25, 0.3) is 0 Å². The molecule has 0 fully saturated rings. The quantitative estimate of drug-likeness (QED) is 0.596. The van der Waals surface area contributed by atoms with Crippen molar-refractivity contribution < 1.29 is 5.11 Å². The van der Waals surface area contributed by atoms with Gasteiger partial charge < -0.3 is 10.8 Å². The summed E-state index contributed by atoms with van der Waals surface area (Å²) in [6, 6.07) is 3.60. The molecule has 10 heavy (non-hydrogen) atoms. The van der Waals surface area contributed by atoms with E-state index in [9.17, 15) is 0 Å². The van der Waals surface area contributed by atoms with Crippen molar-refractivity contribution in [1.29, 1.82) is 0 Å². The molecule has 0 aliphatic heterocycles. The summed E-state index contributed by atoms with van der Waals surface area (Å²) in [5.74, 6) is 0.0440. The van der Waals surface area contributed by atoms with Crippen LogP contribution >= 0.6 is 0 Å². The number of pyridine rings is 1. The van der Waals surface area contributed by atoms with Crippen molar-refractivity contribution in [2.75, 3.05) is 0 Å². The van der Waals surface area contributed by atoms with Crippen molar-refractivity contribution in [2.45, 2.75) is 13.5 Å². The van der Waals surface area contributed by atoms with Crippen LogP contribution in [0.5, 0.6) is 5.88 Å². The van der Waals surface area contributed by atoms with Crippen LogP contribution in [0.15, 0.2) is 12.1 Å². The van der Waals surface area contributed by atoms with E-state index in [1.807, 2.05) is 13.0 Å². The van der Waals surface area contributed by atoms with Gasteiger partial charge in [-0.2, -0.15) is 0 Å². The molecular formula is C7H10N2O. The van der Waals surface area contributed by atoms with Crippen LogP contribution in [-0.4, -0.2) is 10.1 Å². The standard InChI is InChI=1S/C7H10N2O/c1-5-2-3-6(4-8)7(10)9-5/h2-3H,4,8H2,1H3,(H,9,10). The maximum atomic E-state index is 9.10. The lowest BCUT2D eigenvalue weighted by Gasteiger charge is -1.99. The lowest BCUT2D eigenvalue weighted by atomic mass is 10.2. The van der Waals surface area contributed by atoms with E-state index in [0.717, 1.165) is 5.69 Å². The molecule has 0 bridgehead atoms. The third kappa shape index (κ3) is 1.25. The molecule has 0 saturated carbocycles. The summed E-state index contributed by atoms with van der Waals surface area (Å²) in [5, 5.41) is 9.10. The number of hydrogen-bond acceptors (Lipinski definition) is 3. The summed E-state index contributed by atoms with van der Waals surface area (Å²) in [5.41, 5.74) is 6.79. The smallest absolute Gasteiger partial charge is 0.215 e. The topological polar surface area (TPSA) is 59.1 Å². The van der Waals surface area contributed by atoms with Crippen LogP contribution in [0.4, 0.5) is 0 Å². The first-order valence-corrected chi connectivity index (χ1v) is 3.09. The fourth-order valence-corrected chi connectivity index (χ4v) is 0.731. The predicted molar refractivity (Wildman–Crippen MR) is 38.5 cm³/mol. The molecule has 0 radical (unpaired) electrons. The maximum absolute atomic E-state index is 9.10. The molecule has 0 saturated heterocycles. The Labute approximate surface area is 59.5 Å². The van der Waals surface area contributed by atoms with Gasteiger partial charge in [0.05, 0.1) is 0 Å². The van der Waals surface area contributed by atoms with Gasteiger partial charge in [0.15, 0.2) is 0 Å². The molecular weight excluding hydrogens is 128 g/mol. The van der Waals surface area contributed by atoms with Gasteiger partial charge in [-0.1, -0.05) is 6.07 Å². The average Bonchev–Trinajstić information content (AvgIpc) is 1.88. The number of rotatable bonds is 1. The van der Waals surface area contributed by atoms with Crippen molar-refractivity contribution in [3.8, 4) is 5.88 Å². The van der Waals surface area contributed by atoms with E-state index < -0.39 is 0 Å². The molecule has 1 heterocycles. The van der Waals surface area contributed by atoms with Gasteiger partial charge >= 0.3 is 0 Å². The van der Waals surface area contributed by atoms with Gasteiger partial charge in [0.2, 0.25) is 5.88 Å². The van der Waals surface area contributed by atoms with Crippen molar-refractivity contribution in [3.63, 3.8) is 0 Å². The molecule has 3 heteroatoms. The van der Waals surface area contributed by atoms with Gasteiger partial charge in [-0.3, -0.25) is 0 Å². The van der Waals surface area contributed by atoms with Gasteiger partial charge in [0, 0.05) is 17.8 Å². The van der Waals surface area contributed by atoms with E-state index >= 15 is 0 Å². The van der Waals surface area contributed by atoms with E-state index in [0.29, 0.717) is 12.1 Å². The van der Waals surface area contributed by atoms with Gasteiger partial charge in [0.1, 0.15) is 0 Å². The fraction of sp³-hybridized carbons (Fsp3) is 0.286. The Hall–Kier alpha value is -1.09. The minimum atomic E-state index is 0.0440. The normalized spacial score (nSPS) is 9.80. The Morgan fingerprint density at radius 1 is 1.60 bits per heavy atom. The predicted octanol–water partition coefficient (Wildman–Crippen LogP) is 0.554. The van der Waals surface area contributed by atoms with E-state index in [2.05, 4.69) is 4.98 Å². The highest BCUT2D eigenvalue weighted by Crippen LogP contribution is 2.12. The first-order chi connectivity index (χ1) is 4.74. The molecule has 0 aliphatic rings. The second kappa shape index (κ2) is 2.66. The Bertz CT molecular complexity index is 235. The summed E-state index contributed by atoms with van der Waals surface area (Å²) in [7, 11) is 0. The molecule has 0 unspecified atom stereocenters. The molecule has 3 nitrogen and oxygen atoms in total. The summed E-state index contributed by atoms with van der Waals surface area (Å²) >= 11 is 0. The zero-order valence-corrected chi connectivity index (χ0v) is 5.83. The molecule has 0 aromatic carbocycles. The number of aryl methyl sites for hydroxylation is 1. The van der Waals surface area contributed by atoms with Crippen LogP contribution in [0, 0.1) is 6.92 Å². The van der Waals surface area contributed by atoms with E-state index in [1.165, 1.54) is 0 Å². The zero-order valence-electron chi connectivity index (χ0n) is 5.83. The molecule has 1 aromatic rings. The van der Waals surface area contributed by atoms with Crippen molar-refractivity contribution in [2.24, 2.45) is 5.73 Å². The zero-order chi connectivity index (χ0) is 7.56. The van der Waals surface area contributed by atoms with E-state index in [4.69, 9.17) is 10.8 Å². The lowest BCUT2D eigenvalue weighted by molar-refractivity contribution is 0.445. The fourth-order valence-electron chi connectivity index (χ4n) is 0.731.